The number of benzene rings is 1. The standard InChI is InChI=1S/C19H22N4O.C4H4O4/c1-3-9-23-16-7-5-4-6-14(16)18-17(23)8-10-22(19(18)24)11-15-13(2)20-12-21-15;5-3(6)1-2-4(7)8/h4-7,12H,3,8-11H2,1-2H3,(H,20,21);1-2H,(H,5,6)(H,7,8)/b;2-1-. The molecule has 3 aromatic rings. The number of carboxylic acid groups (broad SMARTS) is 2. The molecule has 3 heterocycles. The van der Waals surface area contributed by atoms with E-state index in [4.69, 9.17) is 10.2 Å². The van der Waals surface area contributed by atoms with E-state index in [1.807, 2.05) is 17.9 Å². The summed E-state index contributed by atoms with van der Waals surface area (Å²) in [5.74, 6) is -2.38. The highest BCUT2D eigenvalue weighted by Crippen LogP contribution is 2.31. The van der Waals surface area contributed by atoms with E-state index in [-0.39, 0.29) is 5.91 Å². The van der Waals surface area contributed by atoms with Crippen LogP contribution in [0.2, 0.25) is 0 Å². The molecule has 9 nitrogen and oxygen atoms in total. The van der Waals surface area contributed by atoms with Gasteiger partial charge in [0.05, 0.1) is 24.1 Å². The third-order valence-corrected chi connectivity index (χ3v) is 5.29. The summed E-state index contributed by atoms with van der Waals surface area (Å²) in [6, 6.07) is 8.26. The Balaban J connectivity index is 0.000000312. The lowest BCUT2D eigenvalue weighted by atomic mass is 10.0. The fourth-order valence-electron chi connectivity index (χ4n) is 3.86. The van der Waals surface area contributed by atoms with Gasteiger partial charge in [-0.05, 0) is 19.4 Å². The monoisotopic (exact) mass is 438 g/mol. The van der Waals surface area contributed by atoms with Gasteiger partial charge in [0.2, 0.25) is 0 Å². The minimum Gasteiger partial charge on any atom is -0.478 e. The van der Waals surface area contributed by atoms with Crippen molar-refractivity contribution in [3.05, 3.63) is 65.4 Å². The predicted molar refractivity (Wildman–Crippen MR) is 118 cm³/mol. The van der Waals surface area contributed by atoms with Crippen LogP contribution in [0.15, 0.2) is 42.7 Å². The Bertz CT molecular complexity index is 1160. The number of aryl methyl sites for hydroxylation is 2. The topological polar surface area (TPSA) is 129 Å². The fourth-order valence-corrected chi connectivity index (χ4v) is 3.86. The van der Waals surface area contributed by atoms with Crippen LogP contribution < -0.4 is 0 Å². The third kappa shape index (κ3) is 4.88. The molecule has 0 fully saturated rings. The maximum atomic E-state index is 13.2. The van der Waals surface area contributed by atoms with Gasteiger partial charge in [0.1, 0.15) is 0 Å². The van der Waals surface area contributed by atoms with Crippen molar-refractivity contribution in [1.82, 2.24) is 19.4 Å². The van der Waals surface area contributed by atoms with Crippen LogP contribution in [0.1, 0.15) is 40.8 Å². The summed E-state index contributed by atoms with van der Waals surface area (Å²) < 4.78 is 2.33. The molecule has 0 bridgehead atoms. The molecule has 1 amide bonds. The molecule has 0 saturated heterocycles. The van der Waals surface area contributed by atoms with Gasteiger partial charge in [-0.25, -0.2) is 14.6 Å². The minimum atomic E-state index is -1.26. The zero-order chi connectivity index (χ0) is 23.3. The second-order valence-electron chi connectivity index (χ2n) is 7.45. The first kappa shape index (κ1) is 22.8. The van der Waals surface area contributed by atoms with Gasteiger partial charge >= 0.3 is 11.9 Å². The first-order valence-corrected chi connectivity index (χ1v) is 10.4. The van der Waals surface area contributed by atoms with Crippen LogP contribution in [0.4, 0.5) is 0 Å². The van der Waals surface area contributed by atoms with Crippen LogP contribution in [0, 0.1) is 6.92 Å². The number of hydrogen-bond donors (Lipinski definition) is 3. The van der Waals surface area contributed by atoms with Crippen LogP contribution >= 0.6 is 0 Å². The number of imidazole rings is 1. The van der Waals surface area contributed by atoms with Gasteiger partial charge in [-0.1, -0.05) is 25.1 Å². The van der Waals surface area contributed by atoms with Gasteiger partial charge in [-0.3, -0.25) is 4.79 Å². The van der Waals surface area contributed by atoms with E-state index >= 15 is 0 Å². The van der Waals surface area contributed by atoms with Crippen molar-refractivity contribution < 1.29 is 24.6 Å². The molecule has 0 atom stereocenters. The lowest BCUT2D eigenvalue weighted by Crippen LogP contribution is -2.37. The second kappa shape index (κ2) is 9.95. The van der Waals surface area contributed by atoms with E-state index < -0.39 is 11.9 Å². The first-order chi connectivity index (χ1) is 15.3. The maximum Gasteiger partial charge on any atom is 0.328 e. The molecule has 4 rings (SSSR count). The van der Waals surface area contributed by atoms with E-state index in [9.17, 15) is 14.4 Å². The minimum absolute atomic E-state index is 0.129. The first-order valence-electron chi connectivity index (χ1n) is 10.4. The summed E-state index contributed by atoms with van der Waals surface area (Å²) in [4.78, 5) is 41.6. The van der Waals surface area contributed by atoms with Crippen molar-refractivity contribution in [2.75, 3.05) is 6.54 Å². The molecule has 0 unspecified atom stereocenters. The molecule has 168 valence electrons. The molecule has 1 aliphatic rings. The Hall–Kier alpha value is -3.88. The van der Waals surface area contributed by atoms with E-state index in [0.29, 0.717) is 18.7 Å². The molecule has 0 aliphatic carbocycles. The summed E-state index contributed by atoms with van der Waals surface area (Å²) in [5.41, 5.74) is 5.23. The van der Waals surface area contributed by atoms with Gasteiger partial charge in [-0.2, -0.15) is 0 Å². The molecule has 0 radical (unpaired) electrons. The van der Waals surface area contributed by atoms with Gasteiger partial charge < -0.3 is 24.7 Å². The summed E-state index contributed by atoms with van der Waals surface area (Å²) in [6.45, 7) is 6.45. The molecule has 32 heavy (non-hydrogen) atoms. The molecule has 0 saturated carbocycles. The van der Waals surface area contributed by atoms with Gasteiger partial charge in [0, 0.05) is 54.0 Å². The molecular weight excluding hydrogens is 412 g/mol. The van der Waals surface area contributed by atoms with E-state index in [1.54, 1.807) is 6.33 Å². The number of carbonyl (C=O) groups excluding carboxylic acids is 1. The number of carbonyl (C=O) groups is 3. The molecule has 1 aliphatic heterocycles. The Labute approximate surface area is 185 Å². The highest BCUT2D eigenvalue weighted by atomic mass is 16.4. The number of amides is 1. The predicted octanol–water partition coefficient (Wildman–Crippen LogP) is 2.99. The lowest BCUT2D eigenvalue weighted by Gasteiger charge is -2.27. The Morgan fingerprint density at radius 1 is 1.19 bits per heavy atom. The van der Waals surface area contributed by atoms with Crippen molar-refractivity contribution in [3.8, 4) is 0 Å². The van der Waals surface area contributed by atoms with Crippen LogP contribution in [0.5, 0.6) is 0 Å². The number of H-pyrrole nitrogens is 1. The average molecular weight is 438 g/mol. The second-order valence-corrected chi connectivity index (χ2v) is 7.45. The van der Waals surface area contributed by atoms with E-state index in [1.165, 1.54) is 11.2 Å². The Morgan fingerprint density at radius 3 is 2.47 bits per heavy atom. The number of hydrogen-bond acceptors (Lipinski definition) is 4. The zero-order valence-corrected chi connectivity index (χ0v) is 18.0. The van der Waals surface area contributed by atoms with Crippen LogP contribution in [-0.2, 0) is 29.1 Å². The third-order valence-electron chi connectivity index (χ3n) is 5.29. The quantitative estimate of drug-likeness (QED) is 0.508. The number of rotatable bonds is 6. The molecule has 0 spiro atoms. The fraction of sp³-hybridized carbons (Fsp3) is 0.304. The van der Waals surface area contributed by atoms with Crippen LogP contribution in [0.25, 0.3) is 10.9 Å². The Kier molecular flexibility index (Phi) is 7.09. The highest BCUT2D eigenvalue weighted by molar-refractivity contribution is 6.09. The summed E-state index contributed by atoms with van der Waals surface area (Å²) in [5, 5.41) is 16.7. The maximum absolute atomic E-state index is 13.2. The number of para-hydroxylation sites is 1. The van der Waals surface area contributed by atoms with Crippen molar-refractivity contribution in [2.24, 2.45) is 0 Å². The van der Waals surface area contributed by atoms with Crippen LogP contribution in [0.3, 0.4) is 0 Å². The van der Waals surface area contributed by atoms with Gasteiger partial charge in [-0.15, -0.1) is 0 Å². The Morgan fingerprint density at radius 2 is 1.88 bits per heavy atom. The smallest absolute Gasteiger partial charge is 0.328 e. The van der Waals surface area contributed by atoms with Crippen molar-refractivity contribution in [3.63, 3.8) is 0 Å². The normalized spacial score (nSPS) is 13.2. The molecule has 1 aromatic carbocycles. The SMILES string of the molecule is CCCn1c2c(c3ccccc31)C(=O)N(Cc1nc[nH]c1C)CC2.O=C(O)/C=C\C(=O)O. The van der Waals surface area contributed by atoms with Crippen LogP contribution in [-0.4, -0.2) is 54.0 Å². The number of aromatic nitrogens is 3. The van der Waals surface area contributed by atoms with Gasteiger partial charge in [0.15, 0.2) is 0 Å². The number of fused-ring (bicyclic) bond motifs is 3. The van der Waals surface area contributed by atoms with E-state index in [0.717, 1.165) is 48.3 Å². The average Bonchev–Trinajstić information content (AvgIpc) is 3.31. The lowest BCUT2D eigenvalue weighted by molar-refractivity contribution is -0.134. The highest BCUT2D eigenvalue weighted by Gasteiger charge is 2.30. The number of carboxylic acids is 2. The number of aliphatic carboxylic acids is 2. The summed E-state index contributed by atoms with van der Waals surface area (Å²) in [7, 11) is 0. The summed E-state index contributed by atoms with van der Waals surface area (Å²) >= 11 is 0. The van der Waals surface area contributed by atoms with Gasteiger partial charge in [0.25, 0.3) is 5.91 Å². The molecule has 3 N–H and O–H groups in total. The number of aromatic amines is 1. The molecule has 2 aromatic heterocycles. The number of nitrogens with zero attached hydrogens (tertiary/aromatic N) is 3. The number of nitrogens with one attached hydrogen (secondary N) is 1. The molecule has 9 heteroatoms. The van der Waals surface area contributed by atoms with Crippen molar-refractivity contribution in [1.29, 1.82) is 0 Å². The van der Waals surface area contributed by atoms with Crippen molar-refractivity contribution in [2.45, 2.75) is 39.8 Å². The van der Waals surface area contributed by atoms with E-state index in [2.05, 4.69) is 39.7 Å². The molecular formula is C23H26N4O5. The van der Waals surface area contributed by atoms with Crippen molar-refractivity contribution >= 4 is 28.7 Å². The summed E-state index contributed by atoms with van der Waals surface area (Å²) in [6.07, 6.45) is 4.77. The largest absolute Gasteiger partial charge is 0.478 e. The zero-order valence-electron chi connectivity index (χ0n) is 18.0.